The zero-order valence-electron chi connectivity index (χ0n) is 16.4. The Labute approximate surface area is 165 Å². The van der Waals surface area contributed by atoms with Gasteiger partial charge in [-0.15, -0.1) is 0 Å². The van der Waals surface area contributed by atoms with E-state index in [1.54, 1.807) is 19.1 Å². The molecule has 0 atom stereocenters. The summed E-state index contributed by atoms with van der Waals surface area (Å²) >= 11 is 0. The monoisotopic (exact) mass is 375 g/mol. The van der Waals surface area contributed by atoms with Crippen molar-refractivity contribution in [3.05, 3.63) is 66.2 Å². The maximum absolute atomic E-state index is 11.5. The first kappa shape index (κ1) is 19.5. The summed E-state index contributed by atoms with van der Waals surface area (Å²) in [5.74, 6) is 1.31. The molecule has 2 N–H and O–H groups in total. The Hall–Kier alpha value is -3.25. The lowest BCUT2D eigenvalue weighted by atomic mass is 10.1. The number of hydrogen-bond acceptors (Lipinski definition) is 6. The number of nitrogens with zero attached hydrogens (tertiary/aromatic N) is 3. The molecule has 144 valence electrons. The highest BCUT2D eigenvalue weighted by Crippen LogP contribution is 2.23. The molecule has 0 saturated heterocycles. The molecule has 1 heterocycles. The van der Waals surface area contributed by atoms with Crippen LogP contribution >= 0.6 is 0 Å². The van der Waals surface area contributed by atoms with Gasteiger partial charge in [0.15, 0.2) is 5.78 Å². The van der Waals surface area contributed by atoms with E-state index >= 15 is 0 Å². The van der Waals surface area contributed by atoms with E-state index in [4.69, 9.17) is 0 Å². The minimum Gasteiger partial charge on any atom is -0.369 e. The van der Waals surface area contributed by atoms with E-state index in [0.29, 0.717) is 11.5 Å². The van der Waals surface area contributed by atoms with Crippen molar-refractivity contribution in [1.82, 2.24) is 14.9 Å². The second-order valence-corrected chi connectivity index (χ2v) is 6.82. The summed E-state index contributed by atoms with van der Waals surface area (Å²) in [6.45, 7) is 3.24. The van der Waals surface area contributed by atoms with Crippen LogP contribution in [0.5, 0.6) is 0 Å². The third-order valence-corrected chi connectivity index (χ3v) is 4.21. The van der Waals surface area contributed by atoms with E-state index in [1.165, 1.54) is 0 Å². The van der Waals surface area contributed by atoms with Crippen molar-refractivity contribution in [3.63, 3.8) is 0 Å². The molecule has 1 aromatic heterocycles. The van der Waals surface area contributed by atoms with Gasteiger partial charge in [0.1, 0.15) is 5.82 Å². The number of hydrogen-bond donors (Lipinski definition) is 2. The van der Waals surface area contributed by atoms with Gasteiger partial charge in [-0.25, -0.2) is 4.98 Å². The van der Waals surface area contributed by atoms with Crippen LogP contribution < -0.4 is 10.6 Å². The first-order valence-electron chi connectivity index (χ1n) is 9.22. The highest BCUT2D eigenvalue weighted by Gasteiger charge is 2.08. The van der Waals surface area contributed by atoms with Crippen molar-refractivity contribution in [2.75, 3.05) is 37.8 Å². The molecule has 0 spiro atoms. The van der Waals surface area contributed by atoms with Gasteiger partial charge >= 0.3 is 0 Å². The number of ketones is 1. The number of likely N-dealkylation sites (N-methyl/N-ethyl adjacent to an activating group) is 1. The molecule has 3 aromatic rings. The summed E-state index contributed by atoms with van der Waals surface area (Å²) in [5, 5.41) is 6.59. The minimum atomic E-state index is 0.0428. The summed E-state index contributed by atoms with van der Waals surface area (Å²) in [4.78, 5) is 22.8. The fourth-order valence-corrected chi connectivity index (χ4v) is 2.68. The number of rotatable bonds is 8. The van der Waals surface area contributed by atoms with E-state index in [2.05, 4.69) is 25.5 Å². The lowest BCUT2D eigenvalue weighted by molar-refractivity contribution is 0.101. The smallest absolute Gasteiger partial charge is 0.229 e. The van der Waals surface area contributed by atoms with Crippen LogP contribution in [0.15, 0.2) is 60.7 Å². The van der Waals surface area contributed by atoms with Gasteiger partial charge in [-0.3, -0.25) is 4.79 Å². The van der Waals surface area contributed by atoms with Gasteiger partial charge in [-0.05, 0) is 45.3 Å². The average molecular weight is 375 g/mol. The van der Waals surface area contributed by atoms with E-state index in [0.717, 1.165) is 35.9 Å². The molecule has 6 nitrogen and oxygen atoms in total. The number of carbonyl (C=O) groups excluding carboxylic acids is 1. The topological polar surface area (TPSA) is 70.2 Å². The van der Waals surface area contributed by atoms with Gasteiger partial charge in [-0.2, -0.15) is 4.98 Å². The fraction of sp³-hybridized carbons (Fsp3) is 0.227. The predicted molar refractivity (Wildman–Crippen MR) is 114 cm³/mol. The Morgan fingerprint density at radius 1 is 1.00 bits per heavy atom. The zero-order valence-corrected chi connectivity index (χ0v) is 16.4. The van der Waals surface area contributed by atoms with Crippen molar-refractivity contribution < 1.29 is 4.79 Å². The van der Waals surface area contributed by atoms with E-state index in [9.17, 15) is 4.79 Å². The first-order chi connectivity index (χ1) is 13.5. The van der Waals surface area contributed by atoms with Crippen LogP contribution in [0.25, 0.3) is 11.3 Å². The number of Topliss-reactive ketones (excluding diaryl/α,β-unsaturated/α-hetero) is 1. The van der Waals surface area contributed by atoms with Crippen LogP contribution in [0.4, 0.5) is 17.5 Å². The molecule has 0 aliphatic carbocycles. The van der Waals surface area contributed by atoms with Crippen LogP contribution in [0.3, 0.4) is 0 Å². The minimum absolute atomic E-state index is 0.0428. The van der Waals surface area contributed by atoms with Crippen LogP contribution in [0, 0.1) is 0 Å². The van der Waals surface area contributed by atoms with E-state index < -0.39 is 0 Å². The lowest BCUT2D eigenvalue weighted by Crippen LogP contribution is -2.21. The number of nitrogens with one attached hydrogen (secondary N) is 2. The van der Waals surface area contributed by atoms with Crippen molar-refractivity contribution in [2.24, 2.45) is 0 Å². The van der Waals surface area contributed by atoms with Crippen LogP contribution in [0.1, 0.15) is 17.3 Å². The SMILES string of the molecule is CC(=O)c1ccc(Nc2nc(NCCN(C)C)cc(-c3ccccc3)n2)cc1. The standard InChI is InChI=1S/C22H25N5O/c1-16(28)17-9-11-19(12-10-17)24-22-25-20(18-7-5-4-6-8-18)15-21(26-22)23-13-14-27(2)3/h4-12,15H,13-14H2,1-3H3,(H2,23,24,25,26). The quantitative estimate of drug-likeness (QED) is 0.579. The molecule has 6 heteroatoms. The largest absolute Gasteiger partial charge is 0.369 e. The zero-order chi connectivity index (χ0) is 19.9. The third kappa shape index (κ3) is 5.37. The summed E-state index contributed by atoms with van der Waals surface area (Å²) < 4.78 is 0. The van der Waals surface area contributed by atoms with Crippen LogP contribution in [-0.2, 0) is 0 Å². The summed E-state index contributed by atoms with van der Waals surface area (Å²) in [6.07, 6.45) is 0. The second-order valence-electron chi connectivity index (χ2n) is 6.82. The maximum atomic E-state index is 11.5. The number of benzene rings is 2. The molecule has 0 radical (unpaired) electrons. The average Bonchev–Trinajstić information content (AvgIpc) is 2.68. The molecule has 0 amide bonds. The number of aromatic nitrogens is 2. The Morgan fingerprint density at radius 2 is 1.71 bits per heavy atom. The van der Waals surface area contributed by atoms with Gasteiger partial charge in [0.2, 0.25) is 5.95 Å². The maximum Gasteiger partial charge on any atom is 0.229 e. The normalized spacial score (nSPS) is 10.7. The summed E-state index contributed by atoms with van der Waals surface area (Å²) in [7, 11) is 4.07. The van der Waals surface area contributed by atoms with Gasteiger partial charge < -0.3 is 15.5 Å². The molecule has 2 aromatic carbocycles. The van der Waals surface area contributed by atoms with Crippen LogP contribution in [0.2, 0.25) is 0 Å². The summed E-state index contributed by atoms with van der Waals surface area (Å²) in [5.41, 5.74) is 3.37. The Morgan fingerprint density at radius 3 is 2.36 bits per heavy atom. The summed E-state index contributed by atoms with van der Waals surface area (Å²) in [6, 6.07) is 19.3. The molecule has 0 aliphatic rings. The molecular weight excluding hydrogens is 350 g/mol. The van der Waals surface area contributed by atoms with Crippen molar-refractivity contribution in [1.29, 1.82) is 0 Å². The fourth-order valence-electron chi connectivity index (χ4n) is 2.68. The predicted octanol–water partition coefficient (Wildman–Crippen LogP) is 4.06. The first-order valence-corrected chi connectivity index (χ1v) is 9.22. The van der Waals surface area contributed by atoms with Crippen molar-refractivity contribution >= 4 is 23.2 Å². The van der Waals surface area contributed by atoms with Crippen molar-refractivity contribution in [2.45, 2.75) is 6.92 Å². The van der Waals surface area contributed by atoms with Gasteiger partial charge in [-0.1, -0.05) is 30.3 Å². The molecule has 0 aliphatic heterocycles. The molecule has 0 bridgehead atoms. The molecule has 0 saturated carbocycles. The molecule has 28 heavy (non-hydrogen) atoms. The van der Waals surface area contributed by atoms with Gasteiger partial charge in [0, 0.05) is 36.0 Å². The Balaban J connectivity index is 1.86. The van der Waals surface area contributed by atoms with Crippen LogP contribution in [-0.4, -0.2) is 47.8 Å². The van der Waals surface area contributed by atoms with Gasteiger partial charge in [0.05, 0.1) is 5.69 Å². The lowest BCUT2D eigenvalue weighted by Gasteiger charge is -2.13. The molecule has 0 unspecified atom stereocenters. The Kier molecular flexibility index (Phi) is 6.34. The second kappa shape index (κ2) is 9.10. The number of anilines is 3. The molecular formula is C22H25N5O. The van der Waals surface area contributed by atoms with E-state index in [-0.39, 0.29) is 5.78 Å². The highest BCUT2D eigenvalue weighted by molar-refractivity contribution is 5.94. The third-order valence-electron chi connectivity index (χ3n) is 4.21. The molecule has 0 fully saturated rings. The highest BCUT2D eigenvalue weighted by atomic mass is 16.1. The number of carbonyl (C=O) groups is 1. The van der Waals surface area contributed by atoms with Gasteiger partial charge in [0.25, 0.3) is 0 Å². The Bertz CT molecular complexity index is 923. The van der Waals surface area contributed by atoms with Crippen molar-refractivity contribution in [3.8, 4) is 11.3 Å². The van der Waals surface area contributed by atoms with E-state index in [1.807, 2.05) is 62.6 Å². The molecule has 3 rings (SSSR count).